The van der Waals surface area contributed by atoms with Crippen LogP contribution in [0.3, 0.4) is 0 Å². The van der Waals surface area contributed by atoms with Crippen molar-refractivity contribution >= 4 is 41.4 Å². The first-order valence-corrected chi connectivity index (χ1v) is 17.7. The number of nitrogens with one attached hydrogen (secondary N) is 4. The number of ether oxygens (including phenoxy) is 1. The summed E-state index contributed by atoms with van der Waals surface area (Å²) in [5.74, 6) is -3.49. The van der Waals surface area contributed by atoms with Gasteiger partial charge in [0.2, 0.25) is 29.4 Å². The van der Waals surface area contributed by atoms with Crippen LogP contribution in [0.2, 0.25) is 0 Å². The Morgan fingerprint density at radius 2 is 1.53 bits per heavy atom. The normalized spacial score (nSPS) is 23.5. The molecule has 1 aromatic rings. The number of hydrogen-bond acceptors (Lipinski definition) is 8. The van der Waals surface area contributed by atoms with Gasteiger partial charge >= 0.3 is 6.09 Å². The standard InChI is InChI=1S/C37H54N6O8/c1-10-14-24(29(45)32(47)38-19-26(44)40-27(33(48)42(8)9)20-15-12-11-13-16-20)39-31(46)28-23-18-25(22-17-21(22)23)43(28)34(49)30(36(2,3)4)41-35(50)51-37(5,6)7/h11-13,15-16,21-25,27-28,30H,10,14,17-19H2,1-9H3,(H,38,47)(H,39,46)(H,40,44)(H,41,50)/t21?,22?,23?,24?,25?,27-,28+,30?/m1/s1. The number of carbonyl (C=O) groups excluding carboxylic acids is 7. The Balaban J connectivity index is 1.44. The maximum Gasteiger partial charge on any atom is 0.408 e. The molecule has 3 aliphatic rings. The van der Waals surface area contributed by atoms with Gasteiger partial charge in [-0.2, -0.15) is 0 Å². The zero-order chi connectivity index (χ0) is 38.0. The van der Waals surface area contributed by atoms with Crippen molar-refractivity contribution in [1.82, 2.24) is 31.1 Å². The first-order chi connectivity index (χ1) is 23.7. The van der Waals surface area contributed by atoms with E-state index in [1.807, 2.05) is 27.7 Å². The zero-order valence-electron chi connectivity index (χ0n) is 31.2. The minimum absolute atomic E-state index is 0.108. The summed E-state index contributed by atoms with van der Waals surface area (Å²) < 4.78 is 5.45. The maximum absolute atomic E-state index is 14.3. The molecule has 14 heteroatoms. The lowest BCUT2D eigenvalue weighted by atomic mass is 9.85. The van der Waals surface area contributed by atoms with Crippen LogP contribution in [0.1, 0.15) is 85.8 Å². The Morgan fingerprint density at radius 1 is 0.882 bits per heavy atom. The molecule has 1 aromatic carbocycles. The van der Waals surface area contributed by atoms with Crippen molar-refractivity contribution < 1.29 is 38.3 Å². The molecule has 280 valence electrons. The molecule has 2 aliphatic carbocycles. The molecule has 14 nitrogen and oxygen atoms in total. The lowest BCUT2D eigenvalue weighted by molar-refractivity contribution is -0.148. The average molecular weight is 711 g/mol. The Bertz CT molecular complexity index is 1520. The fourth-order valence-corrected chi connectivity index (χ4v) is 7.36. The lowest BCUT2D eigenvalue weighted by Crippen LogP contribution is -2.62. The number of carbonyl (C=O) groups is 7. The van der Waals surface area contributed by atoms with Crippen molar-refractivity contribution in [3.63, 3.8) is 0 Å². The second kappa shape index (κ2) is 15.4. The number of nitrogens with zero attached hydrogens (tertiary/aromatic N) is 2. The van der Waals surface area contributed by atoms with E-state index in [1.54, 1.807) is 70.1 Å². The summed E-state index contributed by atoms with van der Waals surface area (Å²) in [7, 11) is 3.12. The Labute approximate surface area is 300 Å². The number of likely N-dealkylation sites (tertiary alicyclic amines) is 1. The van der Waals surface area contributed by atoms with E-state index in [4.69, 9.17) is 4.74 Å². The number of piperidine rings is 1. The highest BCUT2D eigenvalue weighted by Gasteiger charge is 2.68. The van der Waals surface area contributed by atoms with Crippen molar-refractivity contribution in [1.29, 1.82) is 0 Å². The third kappa shape index (κ3) is 9.25. The molecule has 51 heavy (non-hydrogen) atoms. The van der Waals surface area contributed by atoms with Gasteiger partial charge in [-0.15, -0.1) is 0 Å². The van der Waals surface area contributed by atoms with Crippen LogP contribution in [0.15, 0.2) is 30.3 Å². The summed E-state index contributed by atoms with van der Waals surface area (Å²) in [4.78, 5) is 96.2. The fraction of sp³-hybridized carbons (Fsp3) is 0.649. The first kappa shape index (κ1) is 39.3. The topological polar surface area (TPSA) is 183 Å². The molecule has 2 saturated carbocycles. The third-order valence-electron chi connectivity index (χ3n) is 9.78. The van der Waals surface area contributed by atoms with Crippen molar-refractivity contribution in [2.45, 2.75) is 110 Å². The van der Waals surface area contributed by atoms with Crippen LogP contribution in [-0.2, 0) is 33.5 Å². The molecule has 0 radical (unpaired) electrons. The summed E-state index contributed by atoms with van der Waals surface area (Å²) in [5, 5.41) is 10.4. The van der Waals surface area contributed by atoms with Gasteiger partial charge in [-0.1, -0.05) is 64.4 Å². The molecule has 4 N–H and O–H groups in total. The number of fused-ring (bicyclic) bond motifs is 5. The minimum atomic E-state index is -1.19. The molecule has 0 aromatic heterocycles. The molecule has 1 heterocycles. The monoisotopic (exact) mass is 710 g/mol. The van der Waals surface area contributed by atoms with Crippen molar-refractivity contribution in [3.8, 4) is 0 Å². The fourth-order valence-electron chi connectivity index (χ4n) is 7.36. The van der Waals surface area contributed by atoms with E-state index in [2.05, 4.69) is 21.3 Å². The van der Waals surface area contributed by atoms with E-state index in [1.165, 1.54) is 4.90 Å². The number of hydrogen-bond donors (Lipinski definition) is 4. The summed E-state index contributed by atoms with van der Waals surface area (Å²) in [6.07, 6.45) is 1.42. The molecule has 3 fully saturated rings. The summed E-state index contributed by atoms with van der Waals surface area (Å²) in [6.45, 7) is 11.9. The highest BCUT2D eigenvalue weighted by molar-refractivity contribution is 6.38. The van der Waals surface area contributed by atoms with Gasteiger partial charge in [0.05, 0.1) is 12.6 Å². The molecule has 6 amide bonds. The van der Waals surface area contributed by atoms with Gasteiger partial charge in [0.15, 0.2) is 0 Å². The van der Waals surface area contributed by atoms with Crippen LogP contribution in [0.4, 0.5) is 4.79 Å². The zero-order valence-corrected chi connectivity index (χ0v) is 31.2. The quantitative estimate of drug-likeness (QED) is 0.225. The number of amides is 6. The van der Waals surface area contributed by atoms with Gasteiger partial charge in [0, 0.05) is 20.1 Å². The van der Waals surface area contributed by atoms with E-state index in [-0.39, 0.29) is 30.2 Å². The highest BCUT2D eigenvalue weighted by Crippen LogP contribution is 2.63. The molecular formula is C37H54N6O8. The van der Waals surface area contributed by atoms with Gasteiger partial charge < -0.3 is 35.8 Å². The third-order valence-corrected chi connectivity index (χ3v) is 9.78. The SMILES string of the molecule is CCCC(NC(=O)[C@@H]1C2CC(C3CC32)N1C(=O)C(NC(=O)OC(C)(C)C)C(C)(C)C)C(=O)C(=O)NCC(=O)N[C@@H](C(=O)N(C)C)c1ccccc1. The molecule has 1 aliphatic heterocycles. The number of alkyl carbamates (subject to hydrolysis) is 1. The Morgan fingerprint density at radius 3 is 2.10 bits per heavy atom. The van der Waals surface area contributed by atoms with Crippen LogP contribution in [0.5, 0.6) is 0 Å². The second-order valence-corrected chi connectivity index (χ2v) is 16.2. The number of benzene rings is 1. The highest BCUT2D eigenvalue weighted by atomic mass is 16.6. The molecule has 1 saturated heterocycles. The Kier molecular flexibility index (Phi) is 11.9. The van der Waals surface area contributed by atoms with Gasteiger partial charge in [-0.25, -0.2) is 4.79 Å². The molecule has 4 rings (SSSR count). The summed E-state index contributed by atoms with van der Waals surface area (Å²) in [6, 6.07) is 4.42. The largest absolute Gasteiger partial charge is 0.444 e. The number of likely N-dealkylation sites (N-methyl/N-ethyl adjacent to an activating group) is 1. The van der Waals surface area contributed by atoms with Crippen LogP contribution in [0.25, 0.3) is 0 Å². The number of ketones is 1. The van der Waals surface area contributed by atoms with E-state index in [0.29, 0.717) is 24.3 Å². The predicted octanol–water partition coefficient (Wildman–Crippen LogP) is 2.08. The van der Waals surface area contributed by atoms with E-state index in [9.17, 15) is 33.6 Å². The van der Waals surface area contributed by atoms with Crippen molar-refractivity contribution in [3.05, 3.63) is 35.9 Å². The molecule has 6 unspecified atom stereocenters. The van der Waals surface area contributed by atoms with Crippen molar-refractivity contribution in [2.24, 2.45) is 23.2 Å². The first-order valence-electron chi connectivity index (χ1n) is 17.7. The lowest BCUT2D eigenvalue weighted by Gasteiger charge is -2.40. The molecule has 0 spiro atoms. The number of rotatable bonds is 13. The van der Waals surface area contributed by atoms with Crippen LogP contribution in [0, 0.1) is 23.2 Å². The molecular weight excluding hydrogens is 656 g/mol. The number of Topliss-reactive ketones (excluding diaryl/α,β-unsaturated/α-hetero) is 1. The summed E-state index contributed by atoms with van der Waals surface area (Å²) >= 11 is 0. The van der Waals surface area contributed by atoms with E-state index >= 15 is 0 Å². The molecule has 8 atom stereocenters. The summed E-state index contributed by atoms with van der Waals surface area (Å²) in [5.41, 5.74) is -0.942. The van der Waals surface area contributed by atoms with E-state index < -0.39 is 77.2 Å². The van der Waals surface area contributed by atoms with Crippen LogP contribution in [-0.4, -0.2) is 102 Å². The van der Waals surface area contributed by atoms with Gasteiger partial charge in [0.25, 0.3) is 5.91 Å². The second-order valence-electron chi connectivity index (χ2n) is 16.2. The molecule has 2 bridgehead atoms. The van der Waals surface area contributed by atoms with Crippen molar-refractivity contribution in [2.75, 3.05) is 20.6 Å². The van der Waals surface area contributed by atoms with Gasteiger partial charge in [-0.05, 0) is 68.8 Å². The van der Waals surface area contributed by atoms with E-state index in [0.717, 1.165) is 6.42 Å². The maximum atomic E-state index is 14.3. The van der Waals surface area contributed by atoms with Gasteiger partial charge in [-0.3, -0.25) is 28.8 Å². The predicted molar refractivity (Wildman–Crippen MR) is 188 cm³/mol. The average Bonchev–Trinajstić information content (AvgIpc) is 3.65. The van der Waals surface area contributed by atoms with Crippen LogP contribution < -0.4 is 21.3 Å². The van der Waals surface area contributed by atoms with Gasteiger partial charge in [0.1, 0.15) is 23.7 Å². The smallest absolute Gasteiger partial charge is 0.408 e. The minimum Gasteiger partial charge on any atom is -0.444 e. The van der Waals surface area contributed by atoms with Crippen LogP contribution >= 0.6 is 0 Å². The Hall–Kier alpha value is -4.49.